The average molecular weight is 1490 g/mol. The number of hydrogen-bond acceptors (Lipinski definition) is 15. The molecule has 0 fully saturated rings. The number of ether oxygens (including phenoxy) is 4. The van der Waals surface area contributed by atoms with Gasteiger partial charge < -0.3 is 33.8 Å². The molecule has 0 aromatic carbocycles. The zero-order valence-electron chi connectivity index (χ0n) is 66.8. The van der Waals surface area contributed by atoms with E-state index in [2.05, 4.69) is 34.6 Å². The minimum atomic E-state index is -4.96. The van der Waals surface area contributed by atoms with Crippen molar-refractivity contribution < 1.29 is 80.2 Å². The van der Waals surface area contributed by atoms with Crippen LogP contribution in [0.1, 0.15) is 446 Å². The van der Waals surface area contributed by atoms with Crippen molar-refractivity contribution in [2.24, 2.45) is 5.92 Å². The second kappa shape index (κ2) is 75.9. The van der Waals surface area contributed by atoms with E-state index in [1.165, 1.54) is 270 Å². The predicted molar refractivity (Wildman–Crippen MR) is 418 cm³/mol. The Bertz CT molecular complexity index is 1940. The van der Waals surface area contributed by atoms with Crippen molar-refractivity contribution in [3.8, 4) is 0 Å². The molecule has 102 heavy (non-hydrogen) atoms. The fourth-order valence-electron chi connectivity index (χ4n) is 12.9. The molecule has 606 valence electrons. The van der Waals surface area contributed by atoms with Crippen LogP contribution >= 0.6 is 15.6 Å². The summed E-state index contributed by atoms with van der Waals surface area (Å²) in [5, 5.41) is 10.7. The number of aliphatic hydroxyl groups excluding tert-OH is 1. The number of hydrogen-bond donors (Lipinski definition) is 3. The quantitative estimate of drug-likeness (QED) is 0.0222. The number of carbonyl (C=O) groups is 4. The Morgan fingerprint density at radius 1 is 0.265 bits per heavy atom. The fourth-order valence-corrected chi connectivity index (χ4v) is 14.5. The summed E-state index contributed by atoms with van der Waals surface area (Å²) in [4.78, 5) is 73.1. The lowest BCUT2D eigenvalue weighted by molar-refractivity contribution is -0.161. The van der Waals surface area contributed by atoms with E-state index in [1.54, 1.807) is 0 Å². The van der Waals surface area contributed by atoms with Crippen molar-refractivity contribution in [1.82, 2.24) is 0 Å². The first-order chi connectivity index (χ1) is 49.5. The van der Waals surface area contributed by atoms with Gasteiger partial charge in [0.2, 0.25) is 0 Å². The molecule has 0 saturated carbocycles. The Morgan fingerprint density at radius 3 is 0.667 bits per heavy atom. The van der Waals surface area contributed by atoms with Gasteiger partial charge in [-0.15, -0.1) is 0 Å². The Kier molecular flexibility index (Phi) is 74.4. The molecule has 0 aromatic heterocycles. The van der Waals surface area contributed by atoms with Crippen LogP contribution in [0.3, 0.4) is 0 Å². The molecule has 0 aliphatic heterocycles. The Labute approximate surface area is 626 Å². The molecule has 0 radical (unpaired) electrons. The molecule has 0 spiro atoms. The van der Waals surface area contributed by atoms with E-state index in [0.717, 1.165) is 95.8 Å². The van der Waals surface area contributed by atoms with Gasteiger partial charge in [0.05, 0.1) is 26.4 Å². The summed E-state index contributed by atoms with van der Waals surface area (Å²) in [5.41, 5.74) is 0. The van der Waals surface area contributed by atoms with Gasteiger partial charge in [-0.1, -0.05) is 394 Å². The second-order valence-corrected chi connectivity index (χ2v) is 33.3. The van der Waals surface area contributed by atoms with E-state index in [4.69, 9.17) is 37.0 Å². The monoisotopic (exact) mass is 1490 g/mol. The van der Waals surface area contributed by atoms with E-state index in [0.29, 0.717) is 25.7 Å². The van der Waals surface area contributed by atoms with Crippen molar-refractivity contribution in [3.63, 3.8) is 0 Å². The number of aliphatic hydroxyl groups is 1. The zero-order valence-corrected chi connectivity index (χ0v) is 68.5. The van der Waals surface area contributed by atoms with Gasteiger partial charge in [0, 0.05) is 25.7 Å². The van der Waals surface area contributed by atoms with Crippen molar-refractivity contribution in [2.45, 2.75) is 464 Å². The van der Waals surface area contributed by atoms with Crippen LogP contribution in [0, 0.1) is 5.92 Å². The van der Waals surface area contributed by atoms with Crippen molar-refractivity contribution in [2.75, 3.05) is 39.6 Å². The Morgan fingerprint density at radius 2 is 0.451 bits per heavy atom. The Balaban J connectivity index is 5.23. The summed E-state index contributed by atoms with van der Waals surface area (Å²) < 4.78 is 68.8. The third-order valence-electron chi connectivity index (χ3n) is 19.5. The molecule has 19 heteroatoms. The molecule has 0 aromatic rings. The van der Waals surface area contributed by atoms with Crippen LogP contribution in [0.25, 0.3) is 0 Å². The first-order valence-electron chi connectivity index (χ1n) is 43.1. The number of carbonyl (C=O) groups excluding carboxylic acids is 4. The molecular formula is C83H162O17P2. The molecule has 0 heterocycles. The fraction of sp³-hybridized carbons (Fsp3) is 0.952. The summed E-state index contributed by atoms with van der Waals surface area (Å²) in [6.07, 6.45) is 67.9. The van der Waals surface area contributed by atoms with E-state index in [-0.39, 0.29) is 25.7 Å². The first-order valence-corrected chi connectivity index (χ1v) is 46.1. The molecular weight excluding hydrogens is 1330 g/mol. The lowest BCUT2D eigenvalue weighted by Crippen LogP contribution is -2.30. The van der Waals surface area contributed by atoms with Crippen LogP contribution in [0.2, 0.25) is 0 Å². The molecule has 0 aliphatic carbocycles. The summed E-state index contributed by atoms with van der Waals surface area (Å²) in [5.74, 6) is -1.34. The van der Waals surface area contributed by atoms with Crippen LogP contribution in [0.15, 0.2) is 0 Å². The van der Waals surface area contributed by atoms with Crippen LogP contribution in [-0.4, -0.2) is 96.7 Å². The highest BCUT2D eigenvalue weighted by Gasteiger charge is 2.30. The number of unbranched alkanes of at least 4 members (excludes halogenated alkanes) is 55. The molecule has 5 atom stereocenters. The van der Waals surface area contributed by atoms with E-state index in [1.807, 2.05) is 0 Å². The first kappa shape index (κ1) is 100. The molecule has 0 aliphatic rings. The molecule has 0 amide bonds. The van der Waals surface area contributed by atoms with Gasteiger partial charge in [0.1, 0.15) is 19.3 Å². The summed E-state index contributed by atoms with van der Waals surface area (Å²) in [7, 11) is -9.92. The van der Waals surface area contributed by atoms with Crippen LogP contribution in [0.4, 0.5) is 0 Å². The molecule has 17 nitrogen and oxygen atoms in total. The number of rotatable bonds is 83. The maximum Gasteiger partial charge on any atom is 0.472 e. The highest BCUT2D eigenvalue weighted by molar-refractivity contribution is 7.47. The largest absolute Gasteiger partial charge is 0.472 e. The molecule has 0 rings (SSSR count). The van der Waals surface area contributed by atoms with Gasteiger partial charge in [0.15, 0.2) is 12.2 Å². The maximum atomic E-state index is 13.1. The van der Waals surface area contributed by atoms with Gasteiger partial charge in [0.25, 0.3) is 0 Å². The van der Waals surface area contributed by atoms with E-state index >= 15 is 0 Å². The van der Waals surface area contributed by atoms with E-state index in [9.17, 15) is 43.2 Å². The van der Waals surface area contributed by atoms with Crippen molar-refractivity contribution in [3.05, 3.63) is 0 Å². The lowest BCUT2D eigenvalue weighted by Gasteiger charge is -2.21. The normalized spacial score (nSPS) is 13.8. The minimum absolute atomic E-state index is 0.107. The third kappa shape index (κ3) is 76.3. The molecule has 0 saturated heterocycles. The van der Waals surface area contributed by atoms with Gasteiger partial charge in [-0.3, -0.25) is 37.3 Å². The highest BCUT2D eigenvalue weighted by Crippen LogP contribution is 2.45. The maximum absolute atomic E-state index is 13.1. The summed E-state index contributed by atoms with van der Waals surface area (Å²) >= 11 is 0. The molecule has 3 N–H and O–H groups in total. The van der Waals surface area contributed by atoms with Crippen molar-refractivity contribution in [1.29, 1.82) is 0 Å². The summed E-state index contributed by atoms with van der Waals surface area (Å²) in [6.45, 7) is 7.35. The van der Waals surface area contributed by atoms with Crippen LogP contribution < -0.4 is 0 Å². The highest BCUT2D eigenvalue weighted by atomic mass is 31.2. The second-order valence-electron chi connectivity index (χ2n) is 30.3. The standard InChI is InChI=1S/C83H162O17P2/c1-6-9-12-15-18-21-24-27-29-30-31-32-33-34-36-38-43-48-53-58-63-68-82(87)99-78(73-94-81(86)67-62-57-52-47-42-37-35-28-25-22-19-16-13-10-7-2)74-97-101(89,90)95-70-77(84)71-96-102(91,92)98-75-79(72-93-80(85)66-61-56-51-46-41-26-23-20-17-14-11-8-3)100-83(88)69-64-59-54-49-44-39-40-45-50-55-60-65-76(4)5/h76-79,84H,6-75H2,1-5H3,(H,89,90)(H,91,92)/t77-,78-,79-/m1/s1. The van der Waals surface area contributed by atoms with Crippen LogP contribution in [0.5, 0.6) is 0 Å². The summed E-state index contributed by atoms with van der Waals surface area (Å²) in [6, 6.07) is 0. The number of phosphoric ester groups is 2. The topological polar surface area (TPSA) is 237 Å². The predicted octanol–water partition coefficient (Wildman–Crippen LogP) is 25.2. The van der Waals surface area contributed by atoms with Gasteiger partial charge in [-0.05, 0) is 31.6 Å². The van der Waals surface area contributed by atoms with Gasteiger partial charge in [-0.2, -0.15) is 0 Å². The van der Waals surface area contributed by atoms with Gasteiger partial charge in [-0.25, -0.2) is 9.13 Å². The lowest BCUT2D eigenvalue weighted by atomic mass is 10.0. The number of phosphoric acid groups is 2. The Hall–Kier alpha value is -1.94. The minimum Gasteiger partial charge on any atom is -0.462 e. The zero-order chi connectivity index (χ0) is 74.8. The van der Waals surface area contributed by atoms with Crippen molar-refractivity contribution >= 4 is 39.5 Å². The third-order valence-corrected chi connectivity index (χ3v) is 21.4. The molecule has 2 unspecified atom stereocenters. The molecule has 0 bridgehead atoms. The average Bonchev–Trinajstić information content (AvgIpc) is 0.916. The SMILES string of the molecule is CCCCCCCCCCCCCCCCCCCCCCCC(=O)O[C@H](COC(=O)CCCCCCCCCCCCCCCCC)COP(=O)(O)OC[C@@H](O)COP(=O)(O)OC[C@@H](COC(=O)CCCCCCCCCCCCCC)OC(=O)CCCCCCCCCCCCCC(C)C. The smallest absolute Gasteiger partial charge is 0.462 e. The number of esters is 4. The van der Waals surface area contributed by atoms with Gasteiger partial charge >= 0.3 is 39.5 Å². The van der Waals surface area contributed by atoms with Crippen LogP contribution in [-0.2, 0) is 65.4 Å². The van der Waals surface area contributed by atoms with E-state index < -0.39 is 97.5 Å².